The lowest BCUT2D eigenvalue weighted by Gasteiger charge is -2.19. The minimum atomic E-state index is -1.05. The highest BCUT2D eigenvalue weighted by molar-refractivity contribution is 5.79. The van der Waals surface area contributed by atoms with E-state index in [1.54, 1.807) is 12.1 Å². The first-order valence-corrected chi connectivity index (χ1v) is 11.0. The lowest BCUT2D eigenvalue weighted by molar-refractivity contribution is -0.141. The Morgan fingerprint density at radius 1 is 0.970 bits per heavy atom. The van der Waals surface area contributed by atoms with Crippen LogP contribution < -0.4 is 0 Å². The fraction of sp³-hybridized carbons (Fsp3) is 0.259. The molecule has 0 bridgehead atoms. The number of carbonyl (C=O) groups excluding carboxylic acids is 1. The van der Waals surface area contributed by atoms with E-state index in [-0.39, 0.29) is 25.6 Å². The van der Waals surface area contributed by atoms with Crippen molar-refractivity contribution >= 4 is 12.1 Å². The first-order chi connectivity index (χ1) is 15.9. The maximum Gasteiger partial charge on any atom is 0.409 e. The maximum atomic E-state index is 14.5. The van der Waals surface area contributed by atoms with Crippen molar-refractivity contribution in [2.75, 3.05) is 19.7 Å². The molecule has 0 spiro atoms. The number of carboxylic acids is 1. The van der Waals surface area contributed by atoms with Crippen molar-refractivity contribution in [1.29, 1.82) is 0 Å². The van der Waals surface area contributed by atoms with Crippen LogP contribution in [0.3, 0.4) is 0 Å². The fourth-order valence-electron chi connectivity index (χ4n) is 5.15. The van der Waals surface area contributed by atoms with E-state index in [1.807, 2.05) is 43.3 Å². The van der Waals surface area contributed by atoms with E-state index < -0.39 is 29.7 Å². The predicted molar refractivity (Wildman–Crippen MR) is 122 cm³/mol. The molecule has 1 N–H and O–H groups in total. The molecule has 168 valence electrons. The molecule has 1 amide bonds. The summed E-state index contributed by atoms with van der Waals surface area (Å²) >= 11 is 0. The molecule has 33 heavy (non-hydrogen) atoms. The van der Waals surface area contributed by atoms with Gasteiger partial charge in [-0.15, -0.1) is 0 Å². The normalized spacial score (nSPS) is 19.3. The van der Waals surface area contributed by atoms with E-state index in [2.05, 4.69) is 12.1 Å². The number of carboxylic acid groups (broad SMARTS) is 1. The monoisotopic (exact) mass is 445 g/mol. The SMILES string of the molecule is Cc1ccc(F)c(C2CN(C(=O)OCC3c4ccccc4-c4ccccc43)CC2C(=O)O)c1. The van der Waals surface area contributed by atoms with Crippen LogP contribution in [0, 0.1) is 18.7 Å². The second-order valence-electron chi connectivity index (χ2n) is 8.79. The van der Waals surface area contributed by atoms with Gasteiger partial charge in [-0.1, -0.05) is 66.2 Å². The third-order valence-corrected chi connectivity index (χ3v) is 6.78. The van der Waals surface area contributed by atoms with Crippen molar-refractivity contribution in [2.45, 2.75) is 18.8 Å². The lowest BCUT2D eigenvalue weighted by Crippen LogP contribution is -2.31. The number of fused-ring (bicyclic) bond motifs is 3. The van der Waals surface area contributed by atoms with Gasteiger partial charge in [0.05, 0.1) is 5.92 Å². The maximum absolute atomic E-state index is 14.5. The molecule has 1 fully saturated rings. The number of ether oxygens (including phenoxy) is 1. The fourth-order valence-corrected chi connectivity index (χ4v) is 5.15. The molecule has 3 aromatic rings. The summed E-state index contributed by atoms with van der Waals surface area (Å²) in [5, 5.41) is 9.72. The molecule has 1 aliphatic heterocycles. The molecule has 1 saturated heterocycles. The second kappa shape index (κ2) is 8.35. The van der Waals surface area contributed by atoms with Gasteiger partial charge in [0.25, 0.3) is 0 Å². The average Bonchev–Trinajstić information content (AvgIpc) is 3.40. The van der Waals surface area contributed by atoms with Crippen molar-refractivity contribution in [3.8, 4) is 11.1 Å². The first kappa shape index (κ1) is 21.2. The summed E-state index contributed by atoms with van der Waals surface area (Å²) in [5.74, 6) is -3.09. The van der Waals surface area contributed by atoms with Gasteiger partial charge in [-0.05, 0) is 40.8 Å². The molecule has 6 heteroatoms. The Labute approximate surface area is 191 Å². The number of halogens is 1. The van der Waals surface area contributed by atoms with Crippen LogP contribution in [-0.2, 0) is 9.53 Å². The number of hydrogen-bond acceptors (Lipinski definition) is 3. The highest BCUT2D eigenvalue weighted by Gasteiger charge is 2.42. The average molecular weight is 445 g/mol. The van der Waals surface area contributed by atoms with E-state index >= 15 is 0 Å². The smallest absolute Gasteiger partial charge is 0.409 e. The van der Waals surface area contributed by atoms with E-state index in [0.717, 1.165) is 27.8 Å². The topological polar surface area (TPSA) is 66.8 Å². The van der Waals surface area contributed by atoms with E-state index in [1.165, 1.54) is 11.0 Å². The number of amides is 1. The van der Waals surface area contributed by atoms with Crippen molar-refractivity contribution in [3.63, 3.8) is 0 Å². The third-order valence-electron chi connectivity index (χ3n) is 6.78. The van der Waals surface area contributed by atoms with Crippen molar-refractivity contribution in [3.05, 3.63) is 94.8 Å². The number of carbonyl (C=O) groups is 2. The second-order valence-corrected chi connectivity index (χ2v) is 8.79. The summed E-state index contributed by atoms with van der Waals surface area (Å²) in [4.78, 5) is 26.2. The molecule has 2 unspecified atom stereocenters. The zero-order valence-electron chi connectivity index (χ0n) is 18.2. The highest BCUT2D eigenvalue weighted by atomic mass is 19.1. The van der Waals surface area contributed by atoms with Crippen LogP contribution in [0.2, 0.25) is 0 Å². The molecule has 1 heterocycles. The van der Waals surface area contributed by atoms with Gasteiger partial charge in [-0.3, -0.25) is 4.79 Å². The number of aryl methyl sites for hydroxylation is 1. The van der Waals surface area contributed by atoms with Gasteiger partial charge < -0.3 is 14.7 Å². The molecular formula is C27H24FNO4. The molecule has 3 aromatic carbocycles. The summed E-state index contributed by atoms with van der Waals surface area (Å²) < 4.78 is 20.2. The van der Waals surface area contributed by atoms with Crippen molar-refractivity contribution in [1.82, 2.24) is 4.90 Å². The number of aliphatic carboxylic acids is 1. The van der Waals surface area contributed by atoms with Gasteiger partial charge in [-0.2, -0.15) is 0 Å². The van der Waals surface area contributed by atoms with Crippen molar-refractivity contribution in [2.24, 2.45) is 5.92 Å². The van der Waals surface area contributed by atoms with Crippen LogP contribution in [0.4, 0.5) is 9.18 Å². The molecule has 1 aliphatic carbocycles. The minimum absolute atomic E-state index is 0.00987. The molecule has 5 nitrogen and oxygen atoms in total. The molecule has 2 atom stereocenters. The van der Waals surface area contributed by atoms with Gasteiger partial charge >= 0.3 is 12.1 Å². The van der Waals surface area contributed by atoms with E-state index in [0.29, 0.717) is 5.56 Å². The van der Waals surface area contributed by atoms with Crippen LogP contribution in [0.15, 0.2) is 66.7 Å². The minimum Gasteiger partial charge on any atom is -0.481 e. The predicted octanol–water partition coefficient (Wildman–Crippen LogP) is 5.18. The number of rotatable bonds is 4. The Bertz CT molecular complexity index is 1190. The number of hydrogen-bond donors (Lipinski definition) is 1. The summed E-state index contributed by atoms with van der Waals surface area (Å²) in [6.45, 7) is 2.08. The van der Waals surface area contributed by atoms with Crippen LogP contribution in [-0.4, -0.2) is 41.8 Å². The molecule has 0 saturated carbocycles. The Morgan fingerprint density at radius 2 is 1.61 bits per heavy atom. The zero-order valence-corrected chi connectivity index (χ0v) is 18.2. The lowest BCUT2D eigenvalue weighted by atomic mass is 9.88. The molecule has 0 aromatic heterocycles. The first-order valence-electron chi connectivity index (χ1n) is 11.0. The number of likely N-dealkylation sites (tertiary alicyclic amines) is 1. The van der Waals surface area contributed by atoms with E-state index in [9.17, 15) is 19.1 Å². The summed E-state index contributed by atoms with van der Waals surface area (Å²) in [6, 6.07) is 20.8. The number of benzene rings is 3. The van der Waals surface area contributed by atoms with Crippen LogP contribution >= 0.6 is 0 Å². The molecule has 2 aliphatic rings. The standard InChI is InChI=1S/C27H24FNO4/c1-16-10-11-25(28)21(12-16)22-13-29(14-23(22)26(30)31)27(32)33-15-24-19-8-4-2-6-17(19)18-7-3-5-9-20(18)24/h2-12,22-24H,13-15H2,1H3,(H,30,31). The Balaban J connectivity index is 1.34. The van der Waals surface area contributed by atoms with Gasteiger partial charge in [0.2, 0.25) is 0 Å². The molecular weight excluding hydrogens is 421 g/mol. The van der Waals surface area contributed by atoms with Crippen LogP contribution in [0.1, 0.15) is 34.1 Å². The van der Waals surface area contributed by atoms with Gasteiger partial charge in [0, 0.05) is 24.9 Å². The highest BCUT2D eigenvalue weighted by Crippen LogP contribution is 2.44. The van der Waals surface area contributed by atoms with Gasteiger partial charge in [-0.25, -0.2) is 9.18 Å². The van der Waals surface area contributed by atoms with Gasteiger partial charge in [0.15, 0.2) is 0 Å². The zero-order chi connectivity index (χ0) is 23.1. The summed E-state index contributed by atoms with van der Waals surface area (Å²) in [6.07, 6.45) is -0.571. The van der Waals surface area contributed by atoms with Crippen LogP contribution in [0.5, 0.6) is 0 Å². The summed E-state index contributed by atoms with van der Waals surface area (Å²) in [5.41, 5.74) is 5.66. The largest absolute Gasteiger partial charge is 0.481 e. The Morgan fingerprint density at radius 3 is 2.24 bits per heavy atom. The molecule has 0 radical (unpaired) electrons. The van der Waals surface area contributed by atoms with Crippen LogP contribution in [0.25, 0.3) is 11.1 Å². The number of nitrogens with zero attached hydrogens (tertiary/aromatic N) is 1. The summed E-state index contributed by atoms with van der Waals surface area (Å²) in [7, 11) is 0. The quantitative estimate of drug-likeness (QED) is 0.601. The Kier molecular flexibility index (Phi) is 5.36. The van der Waals surface area contributed by atoms with Gasteiger partial charge in [0.1, 0.15) is 12.4 Å². The van der Waals surface area contributed by atoms with Crippen molar-refractivity contribution < 1.29 is 23.8 Å². The van der Waals surface area contributed by atoms with E-state index in [4.69, 9.17) is 4.74 Å². The Hall–Kier alpha value is -3.67. The third kappa shape index (κ3) is 3.75. The molecule has 5 rings (SSSR count).